The lowest BCUT2D eigenvalue weighted by atomic mass is 9.89. The van der Waals surface area contributed by atoms with Gasteiger partial charge in [-0.3, -0.25) is 0 Å². The Balaban J connectivity index is 1.03. The zero-order valence-electron chi connectivity index (χ0n) is 29.5. The molecule has 0 N–H and O–H groups in total. The average molecular weight is 687 g/mol. The molecular weight excluding hydrogens is 653 g/mol. The largest absolute Gasteiger partial charge is 0.228 e. The normalized spacial score (nSPS) is 11.3. The van der Waals surface area contributed by atoms with Gasteiger partial charge in [0.15, 0.2) is 5.82 Å². The number of benzene rings is 9. The first kappa shape index (κ1) is 31.6. The van der Waals surface area contributed by atoms with Gasteiger partial charge in [-0.1, -0.05) is 194 Å². The van der Waals surface area contributed by atoms with E-state index in [0.29, 0.717) is 5.82 Å². The minimum absolute atomic E-state index is 0.708. The molecule has 9 aromatic carbocycles. The van der Waals surface area contributed by atoms with Crippen LogP contribution in [0.2, 0.25) is 0 Å². The van der Waals surface area contributed by atoms with Crippen LogP contribution < -0.4 is 0 Å². The van der Waals surface area contributed by atoms with Crippen LogP contribution in [0.25, 0.3) is 99.6 Å². The molecule has 0 spiro atoms. The minimum Gasteiger partial charge on any atom is -0.228 e. The fraction of sp³-hybridized carbons (Fsp3) is 0. The van der Waals surface area contributed by atoms with E-state index in [9.17, 15) is 0 Å². The van der Waals surface area contributed by atoms with Crippen molar-refractivity contribution in [3.63, 3.8) is 0 Å². The zero-order valence-corrected chi connectivity index (χ0v) is 29.5. The molecule has 2 nitrogen and oxygen atoms in total. The Labute approximate surface area is 314 Å². The predicted octanol–water partition coefficient (Wildman–Crippen LogP) is 13.9. The van der Waals surface area contributed by atoms with Gasteiger partial charge in [-0.2, -0.15) is 0 Å². The van der Waals surface area contributed by atoms with Gasteiger partial charge in [-0.15, -0.1) is 0 Å². The third kappa shape index (κ3) is 5.71. The van der Waals surface area contributed by atoms with Gasteiger partial charge in [0.25, 0.3) is 0 Å². The van der Waals surface area contributed by atoms with E-state index >= 15 is 0 Å². The van der Waals surface area contributed by atoms with Crippen molar-refractivity contribution in [1.29, 1.82) is 0 Å². The Bertz CT molecular complexity index is 2950. The fourth-order valence-corrected chi connectivity index (χ4v) is 7.82. The molecule has 10 aromatic rings. The Morgan fingerprint density at radius 1 is 0.259 bits per heavy atom. The SMILES string of the molecule is c1ccc(-c2nc(-c3ccc(-c4ccc(-c5c6ccccc6cc6c5ccc5ccccc56)cc4)cc3)cc(-c3ccccc3-c3ccccc3)n2)cc1. The summed E-state index contributed by atoms with van der Waals surface area (Å²) in [6.45, 7) is 0. The Morgan fingerprint density at radius 3 is 1.52 bits per heavy atom. The van der Waals surface area contributed by atoms with Crippen molar-refractivity contribution >= 4 is 32.3 Å². The summed E-state index contributed by atoms with van der Waals surface area (Å²) in [6, 6.07) is 73.4. The highest BCUT2D eigenvalue weighted by molar-refractivity contribution is 6.20. The van der Waals surface area contributed by atoms with Crippen LogP contribution in [-0.2, 0) is 0 Å². The molecule has 0 saturated heterocycles. The molecule has 10 rings (SSSR count). The smallest absolute Gasteiger partial charge is 0.160 e. The molecule has 1 heterocycles. The van der Waals surface area contributed by atoms with E-state index in [-0.39, 0.29) is 0 Å². The van der Waals surface area contributed by atoms with Crippen LogP contribution in [0, 0.1) is 0 Å². The summed E-state index contributed by atoms with van der Waals surface area (Å²) in [5.41, 5.74) is 12.0. The number of fused-ring (bicyclic) bond motifs is 4. The van der Waals surface area contributed by atoms with Gasteiger partial charge < -0.3 is 0 Å². The average Bonchev–Trinajstić information content (AvgIpc) is 3.26. The molecule has 0 aliphatic rings. The summed E-state index contributed by atoms with van der Waals surface area (Å²) in [5, 5.41) is 7.62. The molecule has 0 saturated carbocycles. The van der Waals surface area contributed by atoms with E-state index in [1.807, 2.05) is 18.2 Å². The maximum absolute atomic E-state index is 5.13. The molecule has 0 bridgehead atoms. The van der Waals surface area contributed by atoms with Gasteiger partial charge in [0, 0.05) is 16.7 Å². The van der Waals surface area contributed by atoms with Gasteiger partial charge in [-0.25, -0.2) is 9.97 Å². The highest BCUT2D eigenvalue weighted by atomic mass is 14.9. The number of hydrogen-bond donors (Lipinski definition) is 0. The Hall–Kier alpha value is -7.16. The van der Waals surface area contributed by atoms with E-state index in [2.05, 4.69) is 188 Å². The summed E-state index contributed by atoms with van der Waals surface area (Å²) in [5.74, 6) is 0.708. The van der Waals surface area contributed by atoms with Gasteiger partial charge in [0.1, 0.15) is 0 Å². The quantitative estimate of drug-likeness (QED) is 0.129. The van der Waals surface area contributed by atoms with E-state index in [1.165, 1.54) is 49.0 Å². The van der Waals surface area contributed by atoms with E-state index in [4.69, 9.17) is 9.97 Å². The molecular formula is C52H34N2. The predicted molar refractivity (Wildman–Crippen MR) is 227 cm³/mol. The van der Waals surface area contributed by atoms with Crippen molar-refractivity contribution in [3.8, 4) is 67.3 Å². The highest BCUT2D eigenvalue weighted by Gasteiger charge is 2.15. The van der Waals surface area contributed by atoms with Crippen LogP contribution in [0.15, 0.2) is 206 Å². The molecule has 0 unspecified atom stereocenters. The molecule has 252 valence electrons. The third-order valence-electron chi connectivity index (χ3n) is 10.5. The van der Waals surface area contributed by atoms with Gasteiger partial charge >= 0.3 is 0 Å². The molecule has 0 amide bonds. The summed E-state index contributed by atoms with van der Waals surface area (Å²) >= 11 is 0. The zero-order chi connectivity index (χ0) is 35.8. The molecule has 0 aliphatic heterocycles. The lowest BCUT2D eigenvalue weighted by molar-refractivity contribution is 1.18. The second-order valence-electron chi connectivity index (χ2n) is 13.7. The Morgan fingerprint density at radius 2 is 0.796 bits per heavy atom. The van der Waals surface area contributed by atoms with Crippen LogP contribution in [0.5, 0.6) is 0 Å². The summed E-state index contributed by atoms with van der Waals surface area (Å²) in [6.07, 6.45) is 0. The van der Waals surface area contributed by atoms with Crippen molar-refractivity contribution in [2.75, 3.05) is 0 Å². The topological polar surface area (TPSA) is 25.8 Å². The number of aromatic nitrogens is 2. The first-order chi connectivity index (χ1) is 26.8. The summed E-state index contributed by atoms with van der Waals surface area (Å²) in [7, 11) is 0. The summed E-state index contributed by atoms with van der Waals surface area (Å²) < 4.78 is 0. The molecule has 2 heteroatoms. The van der Waals surface area contributed by atoms with Gasteiger partial charge in [0.2, 0.25) is 0 Å². The maximum Gasteiger partial charge on any atom is 0.160 e. The minimum atomic E-state index is 0.708. The highest BCUT2D eigenvalue weighted by Crippen LogP contribution is 2.40. The van der Waals surface area contributed by atoms with Crippen LogP contribution in [0.3, 0.4) is 0 Å². The second-order valence-corrected chi connectivity index (χ2v) is 13.7. The lowest BCUT2D eigenvalue weighted by Gasteiger charge is -2.15. The molecule has 1 aromatic heterocycles. The third-order valence-corrected chi connectivity index (χ3v) is 10.5. The van der Waals surface area contributed by atoms with Crippen LogP contribution >= 0.6 is 0 Å². The van der Waals surface area contributed by atoms with Crippen molar-refractivity contribution < 1.29 is 0 Å². The second kappa shape index (κ2) is 13.4. The molecule has 0 radical (unpaired) electrons. The number of hydrogen-bond acceptors (Lipinski definition) is 2. The summed E-state index contributed by atoms with van der Waals surface area (Å²) in [4.78, 5) is 10.2. The molecule has 0 aliphatic carbocycles. The fourth-order valence-electron chi connectivity index (χ4n) is 7.82. The van der Waals surface area contributed by atoms with Crippen molar-refractivity contribution in [3.05, 3.63) is 206 Å². The van der Waals surface area contributed by atoms with E-state index in [0.717, 1.165) is 44.8 Å². The van der Waals surface area contributed by atoms with Crippen LogP contribution in [0.4, 0.5) is 0 Å². The van der Waals surface area contributed by atoms with Gasteiger partial charge in [-0.05, 0) is 77.8 Å². The first-order valence-electron chi connectivity index (χ1n) is 18.4. The van der Waals surface area contributed by atoms with E-state index < -0.39 is 0 Å². The lowest BCUT2D eigenvalue weighted by Crippen LogP contribution is -1.97. The maximum atomic E-state index is 5.13. The first-order valence-corrected chi connectivity index (χ1v) is 18.4. The van der Waals surface area contributed by atoms with Crippen molar-refractivity contribution in [2.45, 2.75) is 0 Å². The number of nitrogens with zero attached hydrogens (tertiary/aromatic N) is 2. The molecule has 54 heavy (non-hydrogen) atoms. The van der Waals surface area contributed by atoms with E-state index in [1.54, 1.807) is 0 Å². The standard InChI is InChI=1S/C52H34N2/c1-3-13-37(14-4-1)43-19-11-12-22-46(43)50-34-49(53-52(54-50)41-16-5-2-6-17-41)39-27-23-35(24-28-39)36-25-29-40(30-26-36)51-45-21-10-8-18-42(45)33-48-44-20-9-7-15-38(44)31-32-47(48)51/h1-34H. The monoisotopic (exact) mass is 686 g/mol. The van der Waals surface area contributed by atoms with Crippen LogP contribution in [0.1, 0.15) is 0 Å². The molecule has 0 fully saturated rings. The van der Waals surface area contributed by atoms with Crippen molar-refractivity contribution in [1.82, 2.24) is 9.97 Å². The van der Waals surface area contributed by atoms with Crippen LogP contribution in [-0.4, -0.2) is 9.97 Å². The Kier molecular flexibility index (Phi) is 7.85. The number of rotatable bonds is 6. The molecule has 0 atom stereocenters. The van der Waals surface area contributed by atoms with Crippen molar-refractivity contribution in [2.24, 2.45) is 0 Å². The van der Waals surface area contributed by atoms with Gasteiger partial charge in [0.05, 0.1) is 11.4 Å².